The molecule has 1 spiro atoms. The maximum absolute atomic E-state index is 13.0. The lowest BCUT2D eigenvalue weighted by molar-refractivity contribution is -0.0852. The molecule has 0 N–H and O–H groups in total. The fourth-order valence-corrected chi connectivity index (χ4v) is 4.72. The van der Waals surface area contributed by atoms with E-state index in [0.29, 0.717) is 22.8 Å². The Hall–Kier alpha value is -1.73. The van der Waals surface area contributed by atoms with Crippen LogP contribution < -0.4 is 14.2 Å². The van der Waals surface area contributed by atoms with Gasteiger partial charge in [0.15, 0.2) is 17.3 Å². The molecular weight excluding hydrogens is 418 g/mol. The van der Waals surface area contributed by atoms with Gasteiger partial charge in [0, 0.05) is 47.6 Å². The highest BCUT2D eigenvalue weighted by atomic mass is 79.9. The van der Waals surface area contributed by atoms with Crippen LogP contribution in [-0.2, 0) is 6.42 Å². The summed E-state index contributed by atoms with van der Waals surface area (Å²) in [5.41, 5.74) is 1.41. The van der Waals surface area contributed by atoms with E-state index in [1.807, 2.05) is 17.8 Å². The van der Waals surface area contributed by atoms with Crippen LogP contribution in [0.25, 0.3) is 0 Å². The first-order valence-corrected chi connectivity index (χ1v) is 10.3. The molecule has 0 unspecified atom stereocenters. The van der Waals surface area contributed by atoms with Gasteiger partial charge in [0.05, 0.1) is 12.7 Å². The van der Waals surface area contributed by atoms with Crippen LogP contribution in [0.5, 0.6) is 17.2 Å². The van der Waals surface area contributed by atoms with Gasteiger partial charge in [-0.15, -0.1) is 0 Å². The summed E-state index contributed by atoms with van der Waals surface area (Å²) in [6.45, 7) is 0. The van der Waals surface area contributed by atoms with Crippen molar-refractivity contribution in [1.29, 1.82) is 0 Å². The third-order valence-electron chi connectivity index (χ3n) is 4.63. The Bertz CT molecular complexity index is 851. The van der Waals surface area contributed by atoms with Gasteiger partial charge in [0.1, 0.15) is 0 Å². The molecule has 136 valence electrons. The molecule has 1 fully saturated rings. The average molecular weight is 436 g/mol. The van der Waals surface area contributed by atoms with Gasteiger partial charge in [-0.1, -0.05) is 0 Å². The highest BCUT2D eigenvalue weighted by Crippen LogP contribution is 2.51. The number of hydrogen-bond donors (Lipinski definition) is 0. The lowest BCUT2D eigenvalue weighted by Gasteiger charge is -2.31. The van der Waals surface area contributed by atoms with Crippen molar-refractivity contribution < 1.29 is 19.0 Å². The van der Waals surface area contributed by atoms with Gasteiger partial charge in [0.2, 0.25) is 5.75 Å². The third-order valence-corrected chi connectivity index (χ3v) is 6.33. The first-order chi connectivity index (χ1) is 12.6. The number of thioether (sulfide) groups is 1. The van der Waals surface area contributed by atoms with Gasteiger partial charge >= 0.3 is 0 Å². The molecule has 0 bridgehead atoms. The second-order valence-corrected chi connectivity index (χ2v) is 8.35. The highest BCUT2D eigenvalue weighted by Gasteiger charge is 2.45. The van der Waals surface area contributed by atoms with Crippen LogP contribution in [0, 0.1) is 0 Å². The standard InChI is InChI=1S/C19H18BrNO4S/c1-23-16-3-2-13(15(22)10-12-4-7-21-11-14(12)20)17-18(16)25-19(24-17)5-8-26-9-6-19/h2-4,7,11H,5-6,8-10H2,1H3. The molecule has 2 aromatic rings. The number of Topliss-reactive ketones (excluding diaryl/α,β-unsaturated/α-hetero) is 1. The summed E-state index contributed by atoms with van der Waals surface area (Å²) in [4.78, 5) is 17.0. The first kappa shape index (κ1) is 17.7. The number of methoxy groups -OCH3 is 1. The Kier molecular flexibility index (Phi) is 4.84. The van der Waals surface area contributed by atoms with Crippen LogP contribution in [0.4, 0.5) is 0 Å². The van der Waals surface area contributed by atoms with Crippen molar-refractivity contribution >= 4 is 33.5 Å². The summed E-state index contributed by atoms with van der Waals surface area (Å²) in [5.74, 6) is 2.89. The van der Waals surface area contributed by atoms with Crippen molar-refractivity contribution in [2.75, 3.05) is 18.6 Å². The molecule has 0 atom stereocenters. The number of carbonyl (C=O) groups excluding carboxylic acids is 1. The van der Waals surface area contributed by atoms with E-state index < -0.39 is 5.79 Å². The number of nitrogens with zero attached hydrogens (tertiary/aromatic N) is 1. The molecule has 0 saturated carbocycles. The lowest BCUT2D eigenvalue weighted by Crippen LogP contribution is -2.42. The van der Waals surface area contributed by atoms with Crippen LogP contribution in [-0.4, -0.2) is 35.2 Å². The first-order valence-electron chi connectivity index (χ1n) is 8.40. The molecule has 0 radical (unpaired) electrons. The number of ether oxygens (including phenoxy) is 3. The molecule has 1 aromatic heterocycles. The maximum Gasteiger partial charge on any atom is 0.253 e. The van der Waals surface area contributed by atoms with E-state index in [-0.39, 0.29) is 12.2 Å². The molecule has 4 rings (SSSR count). The van der Waals surface area contributed by atoms with Crippen molar-refractivity contribution in [2.45, 2.75) is 25.0 Å². The van der Waals surface area contributed by atoms with E-state index in [1.165, 1.54) is 0 Å². The summed E-state index contributed by atoms with van der Waals surface area (Å²) in [7, 11) is 1.59. The predicted molar refractivity (Wildman–Crippen MR) is 104 cm³/mol. The third kappa shape index (κ3) is 3.18. The molecule has 1 aromatic carbocycles. The van der Waals surface area contributed by atoms with Crippen LogP contribution in [0.1, 0.15) is 28.8 Å². The van der Waals surface area contributed by atoms with E-state index in [4.69, 9.17) is 14.2 Å². The Morgan fingerprint density at radius 3 is 2.77 bits per heavy atom. The van der Waals surface area contributed by atoms with Gasteiger partial charge in [-0.05, 0) is 39.7 Å². The van der Waals surface area contributed by atoms with Crippen LogP contribution in [0.2, 0.25) is 0 Å². The molecule has 0 aliphatic carbocycles. The summed E-state index contributed by atoms with van der Waals surface area (Å²) >= 11 is 5.34. The number of fused-ring (bicyclic) bond motifs is 1. The second kappa shape index (κ2) is 7.12. The summed E-state index contributed by atoms with van der Waals surface area (Å²) < 4.78 is 18.7. The monoisotopic (exact) mass is 435 g/mol. The fourth-order valence-electron chi connectivity index (χ4n) is 3.22. The zero-order valence-corrected chi connectivity index (χ0v) is 16.7. The zero-order chi connectivity index (χ0) is 18.1. The number of carbonyl (C=O) groups is 1. The van der Waals surface area contributed by atoms with Crippen LogP contribution >= 0.6 is 27.7 Å². The lowest BCUT2D eigenvalue weighted by atomic mass is 10.0. The minimum atomic E-state index is -0.672. The predicted octanol–water partition coefficient (Wildman–Crippen LogP) is 4.27. The summed E-state index contributed by atoms with van der Waals surface area (Å²) in [6, 6.07) is 5.37. The summed E-state index contributed by atoms with van der Waals surface area (Å²) in [6.07, 6.45) is 5.21. The number of halogens is 1. The Labute approximate surface area is 164 Å². The van der Waals surface area contributed by atoms with Gasteiger partial charge < -0.3 is 14.2 Å². The minimum absolute atomic E-state index is 0.0263. The van der Waals surface area contributed by atoms with Gasteiger partial charge in [0.25, 0.3) is 5.79 Å². The smallest absolute Gasteiger partial charge is 0.253 e. The van der Waals surface area contributed by atoms with Crippen LogP contribution in [0.3, 0.4) is 0 Å². The molecule has 2 aliphatic rings. The number of hydrogen-bond acceptors (Lipinski definition) is 6. The van der Waals surface area contributed by atoms with E-state index in [9.17, 15) is 4.79 Å². The Balaban J connectivity index is 1.67. The number of aromatic nitrogens is 1. The van der Waals surface area contributed by atoms with E-state index in [2.05, 4.69) is 20.9 Å². The molecule has 3 heterocycles. The molecule has 26 heavy (non-hydrogen) atoms. The molecule has 2 aliphatic heterocycles. The Morgan fingerprint density at radius 1 is 1.27 bits per heavy atom. The molecular formula is C19H18BrNO4S. The molecule has 1 saturated heterocycles. The van der Waals surface area contributed by atoms with Crippen molar-refractivity contribution in [3.05, 3.63) is 46.2 Å². The number of benzene rings is 1. The number of pyridine rings is 1. The van der Waals surface area contributed by atoms with Crippen molar-refractivity contribution in [3.8, 4) is 17.2 Å². The van der Waals surface area contributed by atoms with E-state index >= 15 is 0 Å². The largest absolute Gasteiger partial charge is 0.493 e. The summed E-state index contributed by atoms with van der Waals surface area (Å²) in [5, 5.41) is 0. The van der Waals surface area contributed by atoms with Crippen molar-refractivity contribution in [2.24, 2.45) is 0 Å². The van der Waals surface area contributed by atoms with E-state index in [1.54, 1.807) is 31.6 Å². The van der Waals surface area contributed by atoms with Crippen molar-refractivity contribution in [3.63, 3.8) is 0 Å². The molecule has 0 amide bonds. The highest BCUT2D eigenvalue weighted by molar-refractivity contribution is 9.10. The fraction of sp³-hybridized carbons (Fsp3) is 0.368. The SMILES string of the molecule is COc1ccc(C(=O)Cc2ccncc2Br)c2c1OC1(CCSCC1)O2. The van der Waals surface area contributed by atoms with Gasteiger partial charge in [-0.3, -0.25) is 9.78 Å². The molecule has 5 nitrogen and oxygen atoms in total. The zero-order valence-electron chi connectivity index (χ0n) is 14.3. The molecule has 7 heteroatoms. The van der Waals surface area contributed by atoms with Crippen molar-refractivity contribution in [1.82, 2.24) is 4.98 Å². The minimum Gasteiger partial charge on any atom is -0.493 e. The van der Waals surface area contributed by atoms with Gasteiger partial charge in [-0.25, -0.2) is 0 Å². The number of ketones is 1. The topological polar surface area (TPSA) is 57.7 Å². The normalized spacial score (nSPS) is 17.3. The van der Waals surface area contributed by atoms with E-state index in [0.717, 1.165) is 34.4 Å². The second-order valence-electron chi connectivity index (χ2n) is 6.27. The maximum atomic E-state index is 13.0. The quantitative estimate of drug-likeness (QED) is 0.668. The van der Waals surface area contributed by atoms with Crippen LogP contribution in [0.15, 0.2) is 35.1 Å². The number of rotatable bonds is 4. The van der Waals surface area contributed by atoms with Gasteiger partial charge in [-0.2, -0.15) is 11.8 Å². The Morgan fingerprint density at radius 2 is 2.04 bits per heavy atom. The average Bonchev–Trinajstić information content (AvgIpc) is 3.01.